The zero-order valence-corrected chi connectivity index (χ0v) is 15.1. The summed E-state index contributed by atoms with van der Waals surface area (Å²) in [6.45, 7) is 5.12. The van der Waals surface area contributed by atoms with Crippen LogP contribution in [0.5, 0.6) is 11.5 Å². The number of nitro groups is 1. The average Bonchev–Trinajstić information content (AvgIpc) is 3.10. The van der Waals surface area contributed by atoms with Gasteiger partial charge in [0.15, 0.2) is 11.4 Å². The lowest BCUT2D eigenvalue weighted by Gasteiger charge is -2.11. The highest BCUT2D eigenvalue weighted by molar-refractivity contribution is 6.31. The van der Waals surface area contributed by atoms with Crippen LogP contribution in [0.1, 0.15) is 16.8 Å². The van der Waals surface area contributed by atoms with Crippen LogP contribution in [0.15, 0.2) is 16.7 Å². The molecule has 0 aliphatic rings. The summed E-state index contributed by atoms with van der Waals surface area (Å²) in [5.41, 5.74) is 1.36. The van der Waals surface area contributed by atoms with Gasteiger partial charge in [-0.25, -0.2) is 0 Å². The number of rotatable bonds is 3. The number of aromatic hydroxyl groups is 2. The molecule has 2 aromatic heterocycles. The van der Waals surface area contributed by atoms with E-state index in [-0.39, 0.29) is 28.0 Å². The van der Waals surface area contributed by atoms with Gasteiger partial charge in [-0.2, -0.15) is 9.71 Å². The van der Waals surface area contributed by atoms with Crippen molar-refractivity contribution in [3.63, 3.8) is 0 Å². The summed E-state index contributed by atoms with van der Waals surface area (Å²) in [6.07, 6.45) is 0. The predicted molar refractivity (Wildman–Crippen MR) is 93.3 cm³/mol. The van der Waals surface area contributed by atoms with E-state index >= 15 is 0 Å². The second-order valence-corrected chi connectivity index (χ2v) is 6.20. The first-order chi connectivity index (χ1) is 12.6. The van der Waals surface area contributed by atoms with Crippen LogP contribution in [-0.4, -0.2) is 25.3 Å². The first kappa shape index (κ1) is 18.4. The van der Waals surface area contributed by atoms with Gasteiger partial charge in [-0.1, -0.05) is 5.16 Å². The molecule has 0 fully saturated rings. The molecule has 3 rings (SSSR count). The van der Waals surface area contributed by atoms with E-state index in [0.717, 1.165) is 12.1 Å². The van der Waals surface area contributed by atoms with Crippen molar-refractivity contribution in [1.82, 2.24) is 10.1 Å². The Kier molecular flexibility index (Phi) is 4.36. The quantitative estimate of drug-likeness (QED) is 0.172. The van der Waals surface area contributed by atoms with Crippen molar-refractivity contribution in [1.29, 1.82) is 0 Å². The fraction of sp³-hybridized carbons (Fsp3) is 0.188. The largest absolute Gasteiger partial charge is 0.617 e. The normalized spacial score (nSPS) is 11.0. The van der Waals surface area contributed by atoms with Gasteiger partial charge in [-0.3, -0.25) is 10.1 Å². The zero-order valence-electron chi connectivity index (χ0n) is 14.3. The highest BCUT2D eigenvalue weighted by atomic mass is 35.5. The molecule has 11 heteroatoms. The molecule has 1 aromatic carbocycles. The van der Waals surface area contributed by atoms with Gasteiger partial charge in [-0.15, -0.1) is 0 Å². The van der Waals surface area contributed by atoms with Gasteiger partial charge in [0.05, 0.1) is 4.92 Å². The highest BCUT2D eigenvalue weighted by Crippen LogP contribution is 2.39. The van der Waals surface area contributed by atoms with Crippen LogP contribution in [0.3, 0.4) is 0 Å². The third kappa shape index (κ3) is 2.89. The number of hydrogen-bond donors (Lipinski definition) is 2. The number of nitrogens with zero attached hydrogens (tertiary/aromatic N) is 4. The van der Waals surface area contributed by atoms with Crippen molar-refractivity contribution in [2.75, 3.05) is 0 Å². The van der Waals surface area contributed by atoms with Crippen molar-refractivity contribution in [2.45, 2.75) is 20.8 Å². The minimum absolute atomic E-state index is 0.0413. The number of nitro benzene ring substituents is 1. The number of pyridine rings is 1. The van der Waals surface area contributed by atoms with Crippen LogP contribution < -0.4 is 4.73 Å². The summed E-state index contributed by atoms with van der Waals surface area (Å²) in [4.78, 5) is 14.3. The molecule has 0 amide bonds. The van der Waals surface area contributed by atoms with E-state index in [1.54, 1.807) is 20.8 Å². The SMILES string of the molecule is Cc1c(C)c(C)[n+]([O-])c(Cl)c1-c1nc(-c2cc(O)c(O)c([N+](=O)[O-])c2)no1. The van der Waals surface area contributed by atoms with Crippen LogP contribution in [0, 0.1) is 36.1 Å². The van der Waals surface area contributed by atoms with E-state index in [0.29, 0.717) is 21.6 Å². The van der Waals surface area contributed by atoms with Crippen LogP contribution >= 0.6 is 11.6 Å². The van der Waals surface area contributed by atoms with Crippen LogP contribution in [0.4, 0.5) is 5.69 Å². The number of aromatic nitrogens is 3. The summed E-state index contributed by atoms with van der Waals surface area (Å²) in [5.74, 6) is -1.72. The van der Waals surface area contributed by atoms with Crippen molar-refractivity contribution in [3.05, 3.63) is 49.4 Å². The van der Waals surface area contributed by atoms with Crippen LogP contribution in [-0.2, 0) is 0 Å². The Morgan fingerprint density at radius 1 is 1.22 bits per heavy atom. The standard InChI is InChI=1S/C16H13ClN4O6/c1-6-7(2)12(14(17)20(24)8(6)3)16-18-15(19-27-16)9-4-10(21(25)26)13(23)11(22)5-9/h4-5,22-23H,1-3H3. The van der Waals surface area contributed by atoms with Crippen molar-refractivity contribution in [2.24, 2.45) is 0 Å². The molecule has 0 aliphatic heterocycles. The maximum atomic E-state index is 12.2. The first-order valence-corrected chi connectivity index (χ1v) is 7.94. The number of halogens is 1. The Hall–Kier alpha value is -3.40. The maximum Gasteiger partial charge on any atom is 0.315 e. The van der Waals surface area contributed by atoms with Crippen molar-refractivity contribution >= 4 is 17.3 Å². The molecule has 3 aromatic rings. The Bertz CT molecular complexity index is 1070. The molecule has 0 unspecified atom stereocenters. The summed E-state index contributed by atoms with van der Waals surface area (Å²) in [5, 5.41) is 46.0. The van der Waals surface area contributed by atoms with Crippen molar-refractivity contribution in [3.8, 4) is 34.3 Å². The summed E-state index contributed by atoms with van der Waals surface area (Å²) >= 11 is 6.14. The molecule has 2 N–H and O–H groups in total. The first-order valence-electron chi connectivity index (χ1n) is 7.57. The molecule has 2 heterocycles. The third-order valence-electron chi connectivity index (χ3n) is 4.33. The zero-order chi connectivity index (χ0) is 20.0. The Morgan fingerprint density at radius 2 is 1.89 bits per heavy atom. The van der Waals surface area contributed by atoms with Gasteiger partial charge in [-0.05, 0) is 37.1 Å². The second kappa shape index (κ2) is 6.40. The second-order valence-electron chi connectivity index (χ2n) is 5.84. The molecular formula is C16H13ClN4O6. The van der Waals surface area contributed by atoms with E-state index in [1.165, 1.54) is 0 Å². The number of phenols is 2. The van der Waals surface area contributed by atoms with Crippen LogP contribution in [0.25, 0.3) is 22.8 Å². The molecule has 10 nitrogen and oxygen atoms in total. The molecular weight excluding hydrogens is 380 g/mol. The molecule has 0 saturated heterocycles. The van der Waals surface area contributed by atoms with Gasteiger partial charge in [0, 0.05) is 24.1 Å². The van der Waals surface area contributed by atoms with E-state index in [9.17, 15) is 25.5 Å². The molecule has 0 bridgehead atoms. The van der Waals surface area contributed by atoms with E-state index < -0.39 is 22.1 Å². The molecule has 140 valence electrons. The van der Waals surface area contributed by atoms with Gasteiger partial charge in [0.25, 0.3) is 11.0 Å². The van der Waals surface area contributed by atoms with E-state index in [1.807, 2.05) is 0 Å². The Morgan fingerprint density at radius 3 is 2.52 bits per heavy atom. The monoisotopic (exact) mass is 392 g/mol. The van der Waals surface area contributed by atoms with E-state index in [2.05, 4.69) is 10.1 Å². The maximum absolute atomic E-state index is 12.2. The summed E-state index contributed by atoms with van der Waals surface area (Å²) in [6, 6.07) is 2.05. The minimum Gasteiger partial charge on any atom is -0.617 e. The van der Waals surface area contributed by atoms with Gasteiger partial charge >= 0.3 is 5.69 Å². The number of benzene rings is 1. The lowest BCUT2D eigenvalue weighted by molar-refractivity contribution is -0.609. The topological polar surface area (TPSA) is 149 Å². The highest BCUT2D eigenvalue weighted by Gasteiger charge is 2.27. The molecule has 0 atom stereocenters. The number of hydrogen-bond acceptors (Lipinski definition) is 8. The molecule has 0 saturated carbocycles. The average molecular weight is 393 g/mol. The van der Waals surface area contributed by atoms with Gasteiger partial charge in [0.2, 0.25) is 11.6 Å². The summed E-state index contributed by atoms with van der Waals surface area (Å²) in [7, 11) is 0. The van der Waals surface area contributed by atoms with Gasteiger partial charge in [0.1, 0.15) is 5.56 Å². The lowest BCUT2D eigenvalue weighted by atomic mass is 10.0. The molecule has 0 radical (unpaired) electrons. The molecule has 0 spiro atoms. The lowest BCUT2D eigenvalue weighted by Crippen LogP contribution is -2.33. The predicted octanol–water partition coefficient (Wildman–Crippen LogP) is 2.94. The Labute approximate surface area is 157 Å². The Balaban J connectivity index is 2.17. The van der Waals surface area contributed by atoms with Crippen LogP contribution in [0.2, 0.25) is 5.15 Å². The number of phenolic OH excluding ortho intramolecular Hbond substituents is 2. The van der Waals surface area contributed by atoms with Gasteiger partial charge < -0.3 is 19.9 Å². The van der Waals surface area contributed by atoms with E-state index in [4.69, 9.17) is 16.1 Å². The smallest absolute Gasteiger partial charge is 0.315 e. The third-order valence-corrected chi connectivity index (χ3v) is 4.68. The molecule has 0 aliphatic carbocycles. The van der Waals surface area contributed by atoms with Crippen molar-refractivity contribution < 1.29 is 24.4 Å². The minimum atomic E-state index is -0.868. The summed E-state index contributed by atoms with van der Waals surface area (Å²) < 4.78 is 5.72. The fourth-order valence-corrected chi connectivity index (χ4v) is 2.93. The fourth-order valence-electron chi connectivity index (χ4n) is 2.58. The molecule has 27 heavy (non-hydrogen) atoms.